The molecule has 3 rings (SSSR count). The number of imide groups is 1. The van der Waals surface area contributed by atoms with Crippen LogP contribution in [0.1, 0.15) is 41.3 Å². The highest BCUT2D eigenvalue weighted by atomic mass is 19.1. The molecule has 1 aromatic rings. The molecular formula is C15H15FN2O3. The first-order valence-electron chi connectivity index (χ1n) is 6.97. The zero-order chi connectivity index (χ0) is 15.1. The molecule has 2 aliphatic rings. The molecule has 6 heteroatoms. The molecule has 1 aromatic carbocycles. The summed E-state index contributed by atoms with van der Waals surface area (Å²) >= 11 is 0. The van der Waals surface area contributed by atoms with Crippen LogP contribution in [-0.4, -0.2) is 28.7 Å². The number of nitrogens with one attached hydrogen (secondary N) is 1. The normalized spacial score (nSPS) is 21.5. The molecular weight excluding hydrogens is 275 g/mol. The van der Waals surface area contributed by atoms with Gasteiger partial charge in [0, 0.05) is 18.5 Å². The molecule has 110 valence electrons. The van der Waals surface area contributed by atoms with Crippen LogP contribution in [0.15, 0.2) is 12.1 Å². The van der Waals surface area contributed by atoms with Gasteiger partial charge >= 0.3 is 0 Å². The predicted molar refractivity (Wildman–Crippen MR) is 71.8 cm³/mol. The minimum Gasteiger partial charge on any atom is -0.322 e. The Morgan fingerprint density at radius 2 is 2.10 bits per heavy atom. The van der Waals surface area contributed by atoms with E-state index in [0.29, 0.717) is 24.0 Å². The van der Waals surface area contributed by atoms with Crippen molar-refractivity contribution in [3.05, 3.63) is 34.6 Å². The van der Waals surface area contributed by atoms with Gasteiger partial charge in [-0.15, -0.1) is 0 Å². The third-order valence-electron chi connectivity index (χ3n) is 4.07. The predicted octanol–water partition coefficient (Wildman–Crippen LogP) is 1.15. The number of amides is 3. The molecule has 2 aliphatic heterocycles. The minimum absolute atomic E-state index is 0.213. The second-order valence-electron chi connectivity index (χ2n) is 5.35. The standard InChI is InChI=1S/C15H15FN2O3/c1-2-8-5-9-7-18(15(21)10(9)6-11(8)16)12-3-4-13(19)17-14(12)20/h5-6,12H,2-4,7H2,1H3,(H,17,19,20)/t12-/m0/s1. The molecule has 1 fully saturated rings. The molecule has 0 aliphatic carbocycles. The van der Waals surface area contributed by atoms with Crippen molar-refractivity contribution in [2.45, 2.75) is 38.8 Å². The second-order valence-corrected chi connectivity index (χ2v) is 5.35. The van der Waals surface area contributed by atoms with Gasteiger partial charge in [-0.2, -0.15) is 0 Å². The van der Waals surface area contributed by atoms with Gasteiger partial charge in [-0.3, -0.25) is 19.7 Å². The average Bonchev–Trinajstić information content (AvgIpc) is 2.75. The molecule has 1 N–H and O–H groups in total. The van der Waals surface area contributed by atoms with Crippen LogP contribution in [0.2, 0.25) is 0 Å². The van der Waals surface area contributed by atoms with Gasteiger partial charge in [0.25, 0.3) is 5.91 Å². The van der Waals surface area contributed by atoms with Crippen LogP contribution in [0, 0.1) is 5.82 Å². The number of hydrogen-bond acceptors (Lipinski definition) is 3. The topological polar surface area (TPSA) is 66.5 Å². The maximum atomic E-state index is 13.8. The summed E-state index contributed by atoms with van der Waals surface area (Å²) in [6.07, 6.45) is 1.07. The highest BCUT2D eigenvalue weighted by Crippen LogP contribution is 2.29. The Hall–Kier alpha value is -2.24. The molecule has 1 atom stereocenters. The lowest BCUT2D eigenvalue weighted by molar-refractivity contribution is -0.136. The van der Waals surface area contributed by atoms with Crippen molar-refractivity contribution in [3.63, 3.8) is 0 Å². The molecule has 3 amide bonds. The summed E-state index contributed by atoms with van der Waals surface area (Å²) in [5.74, 6) is -1.51. The van der Waals surface area contributed by atoms with Gasteiger partial charge in [0.1, 0.15) is 11.9 Å². The number of halogens is 1. The van der Waals surface area contributed by atoms with Crippen molar-refractivity contribution >= 4 is 17.7 Å². The van der Waals surface area contributed by atoms with Crippen molar-refractivity contribution in [2.75, 3.05) is 0 Å². The molecule has 0 saturated carbocycles. The van der Waals surface area contributed by atoms with Gasteiger partial charge < -0.3 is 4.90 Å². The molecule has 0 unspecified atom stereocenters. The fourth-order valence-corrected chi connectivity index (χ4v) is 2.91. The number of carbonyl (C=O) groups excluding carboxylic acids is 3. The van der Waals surface area contributed by atoms with Crippen molar-refractivity contribution in [2.24, 2.45) is 0 Å². The first kappa shape index (κ1) is 13.7. The van der Waals surface area contributed by atoms with Crippen LogP contribution in [0.4, 0.5) is 4.39 Å². The second kappa shape index (κ2) is 4.95. The zero-order valence-corrected chi connectivity index (χ0v) is 11.6. The minimum atomic E-state index is -0.657. The van der Waals surface area contributed by atoms with E-state index < -0.39 is 17.8 Å². The molecule has 1 saturated heterocycles. The van der Waals surface area contributed by atoms with Gasteiger partial charge in [0.05, 0.1) is 0 Å². The molecule has 0 aromatic heterocycles. The molecule has 21 heavy (non-hydrogen) atoms. The van der Waals surface area contributed by atoms with Crippen LogP contribution in [0.5, 0.6) is 0 Å². The fraction of sp³-hybridized carbons (Fsp3) is 0.400. The number of nitrogens with zero attached hydrogens (tertiary/aromatic N) is 1. The van der Waals surface area contributed by atoms with Gasteiger partial charge in [0.2, 0.25) is 11.8 Å². The van der Waals surface area contributed by atoms with Crippen LogP contribution in [0.3, 0.4) is 0 Å². The number of benzene rings is 1. The Morgan fingerprint density at radius 3 is 2.76 bits per heavy atom. The molecule has 0 bridgehead atoms. The van der Waals surface area contributed by atoms with E-state index >= 15 is 0 Å². The van der Waals surface area contributed by atoms with Crippen LogP contribution in [-0.2, 0) is 22.6 Å². The summed E-state index contributed by atoms with van der Waals surface area (Å²) in [6.45, 7) is 2.13. The number of aryl methyl sites for hydroxylation is 1. The van der Waals surface area contributed by atoms with Crippen LogP contribution in [0.25, 0.3) is 0 Å². The van der Waals surface area contributed by atoms with E-state index in [9.17, 15) is 18.8 Å². The summed E-state index contributed by atoms with van der Waals surface area (Å²) in [4.78, 5) is 36.8. The van der Waals surface area contributed by atoms with Crippen molar-refractivity contribution < 1.29 is 18.8 Å². The maximum absolute atomic E-state index is 13.8. The van der Waals surface area contributed by atoms with Gasteiger partial charge in [-0.05, 0) is 30.0 Å². The lowest BCUT2D eigenvalue weighted by atomic mass is 10.0. The lowest BCUT2D eigenvalue weighted by Gasteiger charge is -2.29. The van der Waals surface area contributed by atoms with Gasteiger partial charge in [0.15, 0.2) is 0 Å². The quantitative estimate of drug-likeness (QED) is 0.831. The summed E-state index contributed by atoms with van der Waals surface area (Å²) < 4.78 is 13.8. The van der Waals surface area contributed by atoms with Crippen molar-refractivity contribution in [1.82, 2.24) is 10.2 Å². The SMILES string of the molecule is CCc1cc2c(cc1F)C(=O)N([C@H]1CCC(=O)NC1=O)C2. The summed E-state index contributed by atoms with van der Waals surface area (Å²) in [7, 11) is 0. The summed E-state index contributed by atoms with van der Waals surface area (Å²) in [5, 5.41) is 2.24. The van der Waals surface area contributed by atoms with E-state index in [0.717, 1.165) is 5.56 Å². The first-order valence-corrected chi connectivity index (χ1v) is 6.97. The number of carbonyl (C=O) groups is 3. The molecule has 0 spiro atoms. The van der Waals surface area contributed by atoms with E-state index in [2.05, 4.69) is 5.32 Å². The van der Waals surface area contributed by atoms with Crippen molar-refractivity contribution in [3.8, 4) is 0 Å². The molecule has 0 radical (unpaired) electrons. The zero-order valence-electron chi connectivity index (χ0n) is 11.6. The average molecular weight is 290 g/mol. The van der Waals surface area contributed by atoms with Gasteiger partial charge in [-0.1, -0.05) is 13.0 Å². The number of rotatable bonds is 2. The Kier molecular flexibility index (Phi) is 3.23. The summed E-state index contributed by atoms with van der Waals surface area (Å²) in [6, 6.07) is 2.28. The van der Waals surface area contributed by atoms with Crippen LogP contribution >= 0.6 is 0 Å². The fourth-order valence-electron chi connectivity index (χ4n) is 2.91. The van der Waals surface area contributed by atoms with E-state index in [1.54, 1.807) is 6.07 Å². The Bertz CT molecular complexity index is 657. The Morgan fingerprint density at radius 1 is 1.33 bits per heavy atom. The van der Waals surface area contributed by atoms with E-state index in [4.69, 9.17) is 0 Å². The highest BCUT2D eigenvalue weighted by Gasteiger charge is 2.39. The highest BCUT2D eigenvalue weighted by molar-refractivity contribution is 6.05. The van der Waals surface area contributed by atoms with Crippen LogP contribution < -0.4 is 5.32 Å². The lowest BCUT2D eigenvalue weighted by Crippen LogP contribution is -2.52. The largest absolute Gasteiger partial charge is 0.322 e. The Labute approximate surface area is 121 Å². The smallest absolute Gasteiger partial charge is 0.255 e. The van der Waals surface area contributed by atoms with E-state index in [1.807, 2.05) is 6.92 Å². The third kappa shape index (κ3) is 2.20. The Balaban J connectivity index is 1.90. The number of piperidine rings is 1. The van der Waals surface area contributed by atoms with Gasteiger partial charge in [-0.25, -0.2) is 4.39 Å². The van der Waals surface area contributed by atoms with Crippen molar-refractivity contribution in [1.29, 1.82) is 0 Å². The first-order chi connectivity index (χ1) is 10.0. The number of fused-ring (bicyclic) bond motifs is 1. The number of hydrogen-bond donors (Lipinski definition) is 1. The maximum Gasteiger partial charge on any atom is 0.255 e. The molecule has 5 nitrogen and oxygen atoms in total. The van der Waals surface area contributed by atoms with E-state index in [1.165, 1.54) is 11.0 Å². The third-order valence-corrected chi connectivity index (χ3v) is 4.07. The monoisotopic (exact) mass is 290 g/mol. The summed E-state index contributed by atoms with van der Waals surface area (Å²) in [5.41, 5.74) is 1.61. The van der Waals surface area contributed by atoms with E-state index in [-0.39, 0.29) is 24.8 Å². The molecule has 2 heterocycles.